The Morgan fingerprint density at radius 3 is 2.76 bits per heavy atom. The van der Waals surface area contributed by atoms with Gasteiger partial charge in [-0.25, -0.2) is 4.98 Å². The average Bonchev–Trinajstić information content (AvgIpc) is 3.23. The van der Waals surface area contributed by atoms with Crippen LogP contribution in [0.15, 0.2) is 41.3 Å². The van der Waals surface area contributed by atoms with Gasteiger partial charge < -0.3 is 19.5 Å². The molecule has 1 atom stereocenters. The highest BCUT2D eigenvalue weighted by Gasteiger charge is 2.34. The lowest BCUT2D eigenvalue weighted by molar-refractivity contribution is -0.128. The highest BCUT2D eigenvalue weighted by Crippen LogP contribution is 2.23. The number of benzene rings is 1. The van der Waals surface area contributed by atoms with E-state index in [0.717, 1.165) is 12.1 Å². The molecule has 0 radical (unpaired) electrons. The predicted molar refractivity (Wildman–Crippen MR) is 93.8 cm³/mol. The molecule has 1 aromatic carbocycles. The monoisotopic (exact) mass is 342 g/mol. The number of oxazole rings is 1. The first-order chi connectivity index (χ1) is 12.0. The molecule has 1 fully saturated rings. The van der Waals surface area contributed by atoms with Gasteiger partial charge in [0.05, 0.1) is 12.1 Å². The maximum Gasteiger partial charge on any atom is 0.229 e. The van der Waals surface area contributed by atoms with Crippen LogP contribution < -0.4 is 5.32 Å². The molecule has 1 saturated heterocycles. The van der Waals surface area contributed by atoms with Crippen molar-refractivity contribution < 1.29 is 14.0 Å². The summed E-state index contributed by atoms with van der Waals surface area (Å²) in [4.78, 5) is 32.1. The number of hydrogen-bond donors (Lipinski definition) is 1. The van der Waals surface area contributed by atoms with Crippen molar-refractivity contribution in [1.82, 2.24) is 14.8 Å². The van der Waals surface area contributed by atoms with Crippen molar-refractivity contribution in [3.63, 3.8) is 0 Å². The van der Waals surface area contributed by atoms with Gasteiger partial charge in [0.15, 0.2) is 12.2 Å². The second kappa shape index (κ2) is 7.48. The molecular weight excluding hydrogens is 320 g/mol. The van der Waals surface area contributed by atoms with Gasteiger partial charge in [-0.05, 0) is 38.4 Å². The van der Waals surface area contributed by atoms with E-state index in [9.17, 15) is 9.59 Å². The molecule has 2 amide bonds. The van der Waals surface area contributed by atoms with Crippen molar-refractivity contribution >= 4 is 17.5 Å². The Morgan fingerprint density at radius 1 is 1.36 bits per heavy atom. The smallest absolute Gasteiger partial charge is 0.229 e. The standard InChI is InChI=1S/C18H22N4O3/c1-21(2)7-8-22-11-14(9-17(22)23)18(24)20-15-5-3-13(4-6-15)16-10-19-12-25-16/h3-6,10,12,14H,7-9,11H2,1-2H3,(H,20,24). The number of carbonyl (C=O) groups excluding carboxylic acids is 2. The largest absolute Gasteiger partial charge is 0.444 e. The van der Waals surface area contributed by atoms with Gasteiger partial charge >= 0.3 is 0 Å². The lowest BCUT2D eigenvalue weighted by Gasteiger charge is -2.19. The third kappa shape index (κ3) is 4.24. The van der Waals surface area contributed by atoms with Crippen molar-refractivity contribution in [2.75, 3.05) is 39.0 Å². The number of likely N-dealkylation sites (tertiary alicyclic amines) is 1. The average molecular weight is 342 g/mol. The van der Waals surface area contributed by atoms with Crippen LogP contribution in [0.4, 0.5) is 5.69 Å². The van der Waals surface area contributed by atoms with Crippen molar-refractivity contribution in [2.24, 2.45) is 5.92 Å². The zero-order valence-corrected chi connectivity index (χ0v) is 14.4. The summed E-state index contributed by atoms with van der Waals surface area (Å²) in [5.41, 5.74) is 1.59. The van der Waals surface area contributed by atoms with Crippen LogP contribution in [0.2, 0.25) is 0 Å². The lowest BCUT2D eigenvalue weighted by Crippen LogP contribution is -2.33. The molecule has 25 heavy (non-hydrogen) atoms. The maximum absolute atomic E-state index is 12.4. The van der Waals surface area contributed by atoms with Crippen LogP contribution in [-0.4, -0.2) is 60.3 Å². The second-order valence-electron chi connectivity index (χ2n) is 6.48. The zero-order valence-electron chi connectivity index (χ0n) is 14.4. The highest BCUT2D eigenvalue weighted by molar-refractivity contribution is 5.97. The summed E-state index contributed by atoms with van der Waals surface area (Å²) in [6, 6.07) is 7.35. The minimum Gasteiger partial charge on any atom is -0.444 e. The number of anilines is 1. The van der Waals surface area contributed by atoms with E-state index in [1.54, 1.807) is 11.1 Å². The molecular formula is C18H22N4O3. The summed E-state index contributed by atoms with van der Waals surface area (Å²) < 4.78 is 5.24. The van der Waals surface area contributed by atoms with Crippen LogP contribution in [0.5, 0.6) is 0 Å². The second-order valence-corrected chi connectivity index (χ2v) is 6.48. The Bertz CT molecular complexity index is 725. The van der Waals surface area contributed by atoms with E-state index in [2.05, 4.69) is 10.3 Å². The van der Waals surface area contributed by atoms with E-state index in [1.165, 1.54) is 6.39 Å². The maximum atomic E-state index is 12.4. The minimum absolute atomic E-state index is 0.0441. The third-order valence-electron chi connectivity index (χ3n) is 4.27. The van der Waals surface area contributed by atoms with Gasteiger partial charge in [-0.2, -0.15) is 0 Å². The summed E-state index contributed by atoms with van der Waals surface area (Å²) in [7, 11) is 3.93. The SMILES string of the molecule is CN(C)CCN1CC(C(=O)Nc2ccc(-c3cnco3)cc2)CC1=O. The molecule has 0 aliphatic carbocycles. The van der Waals surface area contributed by atoms with Crippen LogP contribution >= 0.6 is 0 Å². The molecule has 1 N–H and O–H groups in total. The normalized spacial score (nSPS) is 17.3. The highest BCUT2D eigenvalue weighted by atomic mass is 16.3. The Hall–Kier alpha value is -2.67. The molecule has 7 nitrogen and oxygen atoms in total. The van der Waals surface area contributed by atoms with Crippen molar-refractivity contribution in [3.8, 4) is 11.3 Å². The van der Waals surface area contributed by atoms with E-state index in [-0.39, 0.29) is 24.2 Å². The Morgan fingerprint density at radius 2 is 2.12 bits per heavy atom. The minimum atomic E-state index is -0.302. The number of rotatable bonds is 6. The van der Waals surface area contributed by atoms with Crippen LogP contribution in [-0.2, 0) is 9.59 Å². The van der Waals surface area contributed by atoms with Crippen LogP contribution in [0.1, 0.15) is 6.42 Å². The molecule has 2 aromatic rings. The first kappa shape index (κ1) is 17.2. The predicted octanol–water partition coefficient (Wildman–Crippen LogP) is 1.69. The summed E-state index contributed by atoms with van der Waals surface area (Å²) in [5, 5.41) is 2.89. The fraction of sp³-hybridized carbons (Fsp3) is 0.389. The van der Waals surface area contributed by atoms with E-state index in [4.69, 9.17) is 4.42 Å². The number of amides is 2. The van der Waals surface area contributed by atoms with E-state index in [1.807, 2.05) is 43.3 Å². The van der Waals surface area contributed by atoms with Gasteiger partial charge in [0, 0.05) is 37.3 Å². The fourth-order valence-electron chi connectivity index (χ4n) is 2.81. The number of hydrogen-bond acceptors (Lipinski definition) is 5. The van der Waals surface area contributed by atoms with Gasteiger partial charge in [-0.1, -0.05) is 0 Å². The lowest BCUT2D eigenvalue weighted by atomic mass is 10.1. The number of nitrogens with zero attached hydrogens (tertiary/aromatic N) is 3. The molecule has 2 heterocycles. The first-order valence-electron chi connectivity index (χ1n) is 8.25. The Labute approximate surface area is 146 Å². The van der Waals surface area contributed by atoms with E-state index >= 15 is 0 Å². The van der Waals surface area contributed by atoms with E-state index < -0.39 is 0 Å². The van der Waals surface area contributed by atoms with Crippen LogP contribution in [0.25, 0.3) is 11.3 Å². The summed E-state index contributed by atoms with van der Waals surface area (Å²) in [6.07, 6.45) is 3.29. The van der Waals surface area contributed by atoms with Crippen molar-refractivity contribution in [2.45, 2.75) is 6.42 Å². The Kier molecular flexibility index (Phi) is 5.14. The first-order valence-corrected chi connectivity index (χ1v) is 8.25. The molecule has 1 aliphatic rings. The van der Waals surface area contributed by atoms with Gasteiger partial charge in [-0.15, -0.1) is 0 Å². The van der Waals surface area contributed by atoms with Crippen molar-refractivity contribution in [1.29, 1.82) is 0 Å². The molecule has 3 rings (SSSR count). The Balaban J connectivity index is 1.56. The molecule has 1 aliphatic heterocycles. The molecule has 7 heteroatoms. The number of likely N-dealkylation sites (N-methyl/N-ethyl adjacent to an activating group) is 1. The summed E-state index contributed by atoms with van der Waals surface area (Å²) >= 11 is 0. The van der Waals surface area contributed by atoms with Gasteiger partial charge in [0.25, 0.3) is 0 Å². The third-order valence-corrected chi connectivity index (χ3v) is 4.27. The van der Waals surface area contributed by atoms with E-state index in [0.29, 0.717) is 24.5 Å². The number of nitrogens with one attached hydrogen (secondary N) is 1. The summed E-state index contributed by atoms with van der Waals surface area (Å²) in [6.45, 7) is 1.93. The molecule has 132 valence electrons. The molecule has 0 bridgehead atoms. The van der Waals surface area contributed by atoms with Crippen LogP contribution in [0, 0.1) is 5.92 Å². The number of carbonyl (C=O) groups is 2. The zero-order chi connectivity index (χ0) is 17.8. The van der Waals surface area contributed by atoms with Gasteiger partial charge in [0.1, 0.15) is 0 Å². The topological polar surface area (TPSA) is 78.7 Å². The summed E-state index contributed by atoms with van der Waals surface area (Å²) in [5.74, 6) is 0.301. The number of aromatic nitrogens is 1. The molecule has 1 unspecified atom stereocenters. The molecule has 0 spiro atoms. The fourth-order valence-corrected chi connectivity index (χ4v) is 2.81. The molecule has 0 saturated carbocycles. The molecule has 1 aromatic heterocycles. The quantitative estimate of drug-likeness (QED) is 0.864. The van der Waals surface area contributed by atoms with Crippen molar-refractivity contribution in [3.05, 3.63) is 36.9 Å². The van der Waals surface area contributed by atoms with Gasteiger partial charge in [0.2, 0.25) is 11.8 Å². The van der Waals surface area contributed by atoms with Gasteiger partial charge in [-0.3, -0.25) is 9.59 Å². The van der Waals surface area contributed by atoms with Crippen LogP contribution in [0.3, 0.4) is 0 Å².